The molecule has 0 N–H and O–H groups in total. The van der Waals surface area contributed by atoms with Crippen LogP contribution in [0, 0.1) is 12.8 Å². The standard InChI is InChI=1S/C18H25NO3/c1-14-6-2-3-8-16(14)22-13-15-7-4-10-19(12-15)18(20)17-9-5-11-21-17/h2-3,6,8,15,17H,4-5,7,9-13H2,1H3. The van der Waals surface area contributed by atoms with Gasteiger partial charge >= 0.3 is 0 Å². The minimum Gasteiger partial charge on any atom is -0.493 e. The number of likely N-dealkylation sites (tertiary alicyclic amines) is 1. The van der Waals surface area contributed by atoms with Crippen LogP contribution in [0.2, 0.25) is 0 Å². The molecule has 3 rings (SSSR count). The maximum atomic E-state index is 12.4. The van der Waals surface area contributed by atoms with Crippen LogP contribution < -0.4 is 4.74 Å². The smallest absolute Gasteiger partial charge is 0.251 e. The fourth-order valence-electron chi connectivity index (χ4n) is 3.30. The van der Waals surface area contributed by atoms with E-state index in [1.165, 1.54) is 0 Å². The lowest BCUT2D eigenvalue weighted by Crippen LogP contribution is -2.45. The Labute approximate surface area is 132 Å². The van der Waals surface area contributed by atoms with Crippen molar-refractivity contribution in [2.45, 2.75) is 38.7 Å². The summed E-state index contributed by atoms with van der Waals surface area (Å²) in [6.45, 7) is 5.12. The molecule has 0 bridgehead atoms. The molecule has 4 heteroatoms. The van der Waals surface area contributed by atoms with Gasteiger partial charge < -0.3 is 14.4 Å². The summed E-state index contributed by atoms with van der Waals surface area (Å²) >= 11 is 0. The molecule has 0 aromatic heterocycles. The minimum atomic E-state index is -0.198. The van der Waals surface area contributed by atoms with Crippen LogP contribution in [-0.4, -0.2) is 43.2 Å². The van der Waals surface area contributed by atoms with Crippen LogP contribution in [0.15, 0.2) is 24.3 Å². The average Bonchev–Trinajstić information content (AvgIpc) is 3.08. The van der Waals surface area contributed by atoms with Crippen molar-refractivity contribution >= 4 is 5.91 Å². The molecule has 1 aromatic carbocycles. The fourth-order valence-corrected chi connectivity index (χ4v) is 3.30. The molecule has 2 saturated heterocycles. The zero-order chi connectivity index (χ0) is 15.4. The van der Waals surface area contributed by atoms with Crippen molar-refractivity contribution < 1.29 is 14.3 Å². The number of aryl methyl sites for hydroxylation is 1. The van der Waals surface area contributed by atoms with Crippen LogP contribution in [0.25, 0.3) is 0 Å². The van der Waals surface area contributed by atoms with Gasteiger partial charge in [-0.25, -0.2) is 0 Å². The summed E-state index contributed by atoms with van der Waals surface area (Å²) in [4.78, 5) is 14.4. The Morgan fingerprint density at radius 1 is 1.32 bits per heavy atom. The highest BCUT2D eigenvalue weighted by Gasteiger charge is 2.31. The molecule has 0 radical (unpaired) electrons. The monoisotopic (exact) mass is 303 g/mol. The van der Waals surface area contributed by atoms with Crippen molar-refractivity contribution in [3.63, 3.8) is 0 Å². The van der Waals surface area contributed by atoms with E-state index >= 15 is 0 Å². The molecule has 0 spiro atoms. The minimum absolute atomic E-state index is 0.179. The zero-order valence-corrected chi connectivity index (χ0v) is 13.3. The van der Waals surface area contributed by atoms with Gasteiger partial charge in [0.2, 0.25) is 0 Å². The number of amides is 1. The predicted octanol–water partition coefficient (Wildman–Crippen LogP) is 2.79. The molecule has 2 atom stereocenters. The lowest BCUT2D eigenvalue weighted by molar-refractivity contribution is -0.143. The maximum Gasteiger partial charge on any atom is 0.251 e. The lowest BCUT2D eigenvalue weighted by Gasteiger charge is -2.34. The molecule has 120 valence electrons. The Morgan fingerprint density at radius 2 is 2.18 bits per heavy atom. The second-order valence-electron chi connectivity index (χ2n) is 6.37. The van der Waals surface area contributed by atoms with Crippen molar-refractivity contribution in [1.29, 1.82) is 0 Å². The third-order valence-corrected chi connectivity index (χ3v) is 4.60. The van der Waals surface area contributed by atoms with Gasteiger partial charge in [0.25, 0.3) is 5.91 Å². The van der Waals surface area contributed by atoms with E-state index in [9.17, 15) is 4.79 Å². The molecule has 1 amide bonds. The van der Waals surface area contributed by atoms with E-state index in [4.69, 9.17) is 9.47 Å². The van der Waals surface area contributed by atoms with Gasteiger partial charge in [0.15, 0.2) is 0 Å². The van der Waals surface area contributed by atoms with Crippen molar-refractivity contribution in [2.75, 3.05) is 26.3 Å². The highest BCUT2D eigenvalue weighted by Crippen LogP contribution is 2.23. The first-order chi connectivity index (χ1) is 10.7. The Balaban J connectivity index is 1.52. The van der Waals surface area contributed by atoms with Crippen LogP contribution >= 0.6 is 0 Å². The first-order valence-electron chi connectivity index (χ1n) is 8.33. The fraction of sp³-hybridized carbons (Fsp3) is 0.611. The Hall–Kier alpha value is -1.55. The summed E-state index contributed by atoms with van der Waals surface area (Å²) < 4.78 is 11.5. The number of hydrogen-bond acceptors (Lipinski definition) is 3. The van der Waals surface area contributed by atoms with Gasteiger partial charge in [0.1, 0.15) is 11.9 Å². The number of carbonyl (C=O) groups excluding carboxylic acids is 1. The van der Waals surface area contributed by atoms with Crippen LogP contribution in [0.5, 0.6) is 5.75 Å². The molecule has 2 fully saturated rings. The van der Waals surface area contributed by atoms with Crippen LogP contribution in [0.4, 0.5) is 0 Å². The molecule has 2 aliphatic rings. The average molecular weight is 303 g/mol. The van der Waals surface area contributed by atoms with E-state index in [0.717, 1.165) is 56.7 Å². The summed E-state index contributed by atoms with van der Waals surface area (Å²) in [5, 5.41) is 0. The number of piperidine rings is 1. The molecule has 22 heavy (non-hydrogen) atoms. The van der Waals surface area contributed by atoms with Crippen LogP contribution in [0.3, 0.4) is 0 Å². The summed E-state index contributed by atoms with van der Waals surface area (Å²) in [5.41, 5.74) is 1.16. The van der Waals surface area contributed by atoms with Crippen molar-refractivity contribution in [3.8, 4) is 5.75 Å². The lowest BCUT2D eigenvalue weighted by atomic mass is 9.98. The summed E-state index contributed by atoms with van der Waals surface area (Å²) in [6.07, 6.45) is 3.86. The van der Waals surface area contributed by atoms with E-state index in [-0.39, 0.29) is 12.0 Å². The number of hydrogen-bond donors (Lipinski definition) is 0. The molecular formula is C18H25NO3. The second kappa shape index (κ2) is 7.14. The molecular weight excluding hydrogens is 278 g/mol. The first-order valence-corrected chi connectivity index (χ1v) is 8.33. The summed E-state index contributed by atoms with van der Waals surface area (Å²) in [6, 6.07) is 8.08. The van der Waals surface area contributed by atoms with Gasteiger partial charge in [-0.05, 0) is 44.2 Å². The van der Waals surface area contributed by atoms with Crippen molar-refractivity contribution in [1.82, 2.24) is 4.90 Å². The van der Waals surface area contributed by atoms with Gasteiger partial charge in [-0.2, -0.15) is 0 Å². The third-order valence-electron chi connectivity index (χ3n) is 4.60. The van der Waals surface area contributed by atoms with Gasteiger partial charge in [0, 0.05) is 25.6 Å². The summed E-state index contributed by atoms with van der Waals surface area (Å²) in [7, 11) is 0. The van der Waals surface area contributed by atoms with Crippen molar-refractivity contribution in [2.24, 2.45) is 5.92 Å². The van der Waals surface area contributed by atoms with E-state index in [1.807, 2.05) is 23.1 Å². The second-order valence-corrected chi connectivity index (χ2v) is 6.37. The number of carbonyl (C=O) groups is 1. The number of nitrogens with zero attached hydrogens (tertiary/aromatic N) is 1. The highest BCUT2D eigenvalue weighted by atomic mass is 16.5. The molecule has 2 unspecified atom stereocenters. The number of benzene rings is 1. The molecule has 0 saturated carbocycles. The SMILES string of the molecule is Cc1ccccc1OCC1CCCN(C(=O)C2CCCO2)C1. The molecule has 1 aromatic rings. The molecule has 2 aliphatic heterocycles. The van der Waals surface area contributed by atoms with Gasteiger partial charge in [-0.15, -0.1) is 0 Å². The first kappa shape index (κ1) is 15.3. The highest BCUT2D eigenvalue weighted by molar-refractivity contribution is 5.81. The van der Waals surface area contributed by atoms with Gasteiger partial charge in [-0.3, -0.25) is 4.79 Å². The van der Waals surface area contributed by atoms with E-state index < -0.39 is 0 Å². The maximum absolute atomic E-state index is 12.4. The summed E-state index contributed by atoms with van der Waals surface area (Å²) in [5.74, 6) is 1.54. The Bertz CT molecular complexity index is 511. The third kappa shape index (κ3) is 3.61. The van der Waals surface area contributed by atoms with Gasteiger partial charge in [-0.1, -0.05) is 18.2 Å². The predicted molar refractivity (Wildman–Crippen MR) is 85.0 cm³/mol. The molecule has 4 nitrogen and oxygen atoms in total. The topological polar surface area (TPSA) is 38.8 Å². The van der Waals surface area contributed by atoms with Crippen LogP contribution in [0.1, 0.15) is 31.2 Å². The van der Waals surface area contributed by atoms with Crippen LogP contribution in [-0.2, 0) is 9.53 Å². The van der Waals surface area contributed by atoms with E-state index in [1.54, 1.807) is 0 Å². The number of para-hydroxylation sites is 1. The largest absolute Gasteiger partial charge is 0.493 e. The normalized spacial score (nSPS) is 25.2. The Kier molecular flexibility index (Phi) is 4.98. The molecule has 0 aliphatic carbocycles. The number of rotatable bonds is 4. The van der Waals surface area contributed by atoms with Crippen molar-refractivity contribution in [3.05, 3.63) is 29.8 Å². The van der Waals surface area contributed by atoms with E-state index in [0.29, 0.717) is 12.5 Å². The Morgan fingerprint density at radius 3 is 2.95 bits per heavy atom. The quantitative estimate of drug-likeness (QED) is 0.858. The van der Waals surface area contributed by atoms with E-state index in [2.05, 4.69) is 13.0 Å². The van der Waals surface area contributed by atoms with Gasteiger partial charge in [0.05, 0.1) is 6.61 Å². The zero-order valence-electron chi connectivity index (χ0n) is 13.3. The molecule has 2 heterocycles. The number of ether oxygens (including phenoxy) is 2.